The molecule has 0 bridgehead atoms. The lowest BCUT2D eigenvalue weighted by atomic mass is 9.78. The highest BCUT2D eigenvalue weighted by Gasteiger charge is 2.28. The van der Waals surface area contributed by atoms with E-state index in [1.807, 2.05) is 44.2 Å². The van der Waals surface area contributed by atoms with Gasteiger partial charge in [0, 0.05) is 23.9 Å². The monoisotopic (exact) mass is 456 g/mol. The predicted octanol–water partition coefficient (Wildman–Crippen LogP) is 6.95. The first-order valence-corrected chi connectivity index (χ1v) is 11.2. The smallest absolute Gasteiger partial charge is 0.412 e. The fraction of sp³-hybridized carbons (Fsp3) is 0.481. The second kappa shape index (κ2) is 11.7. The molecule has 6 nitrogen and oxygen atoms in total. The van der Waals surface area contributed by atoms with E-state index in [9.17, 15) is 9.59 Å². The topological polar surface area (TPSA) is 76.7 Å². The maximum Gasteiger partial charge on any atom is 0.412 e. The second-order valence-electron chi connectivity index (χ2n) is 10.3. The number of amides is 2. The van der Waals surface area contributed by atoms with Gasteiger partial charge >= 0.3 is 12.2 Å². The van der Waals surface area contributed by atoms with Gasteiger partial charge in [-0.05, 0) is 43.7 Å². The summed E-state index contributed by atoms with van der Waals surface area (Å²) in [7, 11) is 1.57. The Morgan fingerprint density at radius 1 is 0.848 bits per heavy atom. The van der Waals surface area contributed by atoms with Gasteiger partial charge in [-0.2, -0.15) is 0 Å². The van der Waals surface area contributed by atoms with Crippen molar-refractivity contribution in [1.82, 2.24) is 5.32 Å². The van der Waals surface area contributed by atoms with Gasteiger partial charge in [0.15, 0.2) is 0 Å². The fourth-order valence-corrected chi connectivity index (χ4v) is 3.02. The summed E-state index contributed by atoms with van der Waals surface area (Å²) in [5.41, 5.74) is 3.87. The van der Waals surface area contributed by atoms with Gasteiger partial charge in [0.1, 0.15) is 5.75 Å². The van der Waals surface area contributed by atoms with E-state index in [1.165, 1.54) is 5.56 Å². The molecule has 6 heteroatoms. The van der Waals surface area contributed by atoms with Crippen molar-refractivity contribution in [2.45, 2.75) is 79.2 Å². The summed E-state index contributed by atoms with van der Waals surface area (Å²) in [6.45, 7) is 18.5. The zero-order chi connectivity index (χ0) is 25.4. The quantitative estimate of drug-likeness (QED) is 0.524. The Bertz CT molecular complexity index is 888. The average molecular weight is 457 g/mol. The third-order valence-electron chi connectivity index (χ3n) is 4.61. The number of para-hydroxylation sites is 1. The molecule has 0 saturated carbocycles. The number of nitrogens with one attached hydrogen (secondary N) is 2. The van der Waals surface area contributed by atoms with E-state index < -0.39 is 12.2 Å². The molecule has 2 rings (SSSR count). The van der Waals surface area contributed by atoms with Crippen LogP contribution in [-0.4, -0.2) is 25.3 Å². The minimum Gasteiger partial charge on any atom is -0.447 e. The highest BCUT2D eigenvalue weighted by Crippen LogP contribution is 2.40. The van der Waals surface area contributed by atoms with E-state index in [0.29, 0.717) is 5.75 Å². The van der Waals surface area contributed by atoms with E-state index in [0.717, 1.165) is 16.8 Å². The lowest BCUT2D eigenvalue weighted by molar-refractivity contribution is 0.130. The molecule has 0 heterocycles. The molecule has 33 heavy (non-hydrogen) atoms. The molecular formula is C27H40N2O4. The standard InChI is InChI=1S/C17H27NO2.C10H13NO2/c1-11-9-12(16(2,3)4)14(20-15(19)18-8)13(10-11)17(5,6)7;1-8(2)13-10(12)11-9-6-4-3-5-7-9/h9-10H,1-8H3,(H,18,19);3-8H,1-2H3,(H,11,12). The molecule has 0 fully saturated rings. The number of ether oxygens (including phenoxy) is 2. The van der Waals surface area contributed by atoms with Crippen LogP contribution in [0.15, 0.2) is 42.5 Å². The van der Waals surface area contributed by atoms with Gasteiger partial charge < -0.3 is 14.8 Å². The van der Waals surface area contributed by atoms with E-state index in [1.54, 1.807) is 7.05 Å². The first-order valence-electron chi connectivity index (χ1n) is 11.2. The zero-order valence-corrected chi connectivity index (χ0v) is 21.8. The highest BCUT2D eigenvalue weighted by molar-refractivity contribution is 5.84. The van der Waals surface area contributed by atoms with Crippen LogP contribution in [0.5, 0.6) is 5.75 Å². The first kappa shape index (κ1) is 28.0. The van der Waals surface area contributed by atoms with E-state index in [2.05, 4.69) is 71.2 Å². The fourth-order valence-electron chi connectivity index (χ4n) is 3.02. The van der Waals surface area contributed by atoms with Crippen molar-refractivity contribution < 1.29 is 19.1 Å². The minimum absolute atomic E-state index is 0.0879. The van der Waals surface area contributed by atoms with Gasteiger partial charge in [0.05, 0.1) is 6.10 Å². The van der Waals surface area contributed by atoms with Gasteiger partial charge in [-0.25, -0.2) is 9.59 Å². The van der Waals surface area contributed by atoms with Crippen LogP contribution in [0.25, 0.3) is 0 Å². The Morgan fingerprint density at radius 3 is 1.73 bits per heavy atom. The largest absolute Gasteiger partial charge is 0.447 e. The normalized spacial score (nSPS) is 11.2. The molecule has 0 unspecified atom stereocenters. The second-order valence-corrected chi connectivity index (χ2v) is 10.3. The summed E-state index contributed by atoms with van der Waals surface area (Å²) in [6.07, 6.45) is -0.935. The molecule has 0 saturated heterocycles. The lowest BCUT2D eigenvalue weighted by Crippen LogP contribution is -2.27. The highest BCUT2D eigenvalue weighted by atomic mass is 16.6. The van der Waals surface area contributed by atoms with Crippen LogP contribution in [0.4, 0.5) is 15.3 Å². The van der Waals surface area contributed by atoms with Gasteiger partial charge in [-0.15, -0.1) is 0 Å². The van der Waals surface area contributed by atoms with Crippen LogP contribution in [0, 0.1) is 6.92 Å². The molecule has 2 N–H and O–H groups in total. The molecule has 0 aromatic heterocycles. The third kappa shape index (κ3) is 9.56. The predicted molar refractivity (Wildman–Crippen MR) is 135 cm³/mol. The molecule has 2 amide bonds. The van der Waals surface area contributed by atoms with E-state index >= 15 is 0 Å². The number of hydrogen-bond acceptors (Lipinski definition) is 4. The summed E-state index contributed by atoms with van der Waals surface area (Å²) in [4.78, 5) is 22.8. The van der Waals surface area contributed by atoms with Crippen LogP contribution in [-0.2, 0) is 15.6 Å². The van der Waals surface area contributed by atoms with Crippen molar-refractivity contribution in [3.63, 3.8) is 0 Å². The Morgan fingerprint density at radius 2 is 1.33 bits per heavy atom. The van der Waals surface area contributed by atoms with Crippen LogP contribution < -0.4 is 15.4 Å². The maximum absolute atomic E-state index is 11.7. The maximum atomic E-state index is 11.7. The van der Waals surface area contributed by atoms with E-state index in [4.69, 9.17) is 9.47 Å². The molecule has 2 aromatic rings. The average Bonchev–Trinajstić information content (AvgIpc) is 2.67. The van der Waals surface area contributed by atoms with Crippen LogP contribution >= 0.6 is 0 Å². The van der Waals surface area contributed by atoms with Crippen molar-refractivity contribution in [3.8, 4) is 5.75 Å². The molecule has 0 aliphatic heterocycles. The van der Waals surface area contributed by atoms with Crippen molar-refractivity contribution in [2.24, 2.45) is 0 Å². The Kier molecular flexibility index (Phi) is 9.96. The number of benzene rings is 2. The van der Waals surface area contributed by atoms with Gasteiger partial charge in [0.25, 0.3) is 0 Å². The minimum atomic E-state index is -0.426. The summed E-state index contributed by atoms with van der Waals surface area (Å²) in [5.74, 6) is 0.690. The van der Waals surface area contributed by atoms with Crippen LogP contribution in [0.1, 0.15) is 72.1 Å². The Labute approximate surface area is 199 Å². The first-order chi connectivity index (χ1) is 15.1. The molecule has 0 radical (unpaired) electrons. The number of hydrogen-bond donors (Lipinski definition) is 2. The Balaban J connectivity index is 0.000000361. The summed E-state index contributed by atoms with van der Waals surface area (Å²) < 4.78 is 10.5. The third-order valence-corrected chi connectivity index (χ3v) is 4.61. The molecule has 0 spiro atoms. The summed E-state index contributed by atoms with van der Waals surface area (Å²) in [6, 6.07) is 13.4. The number of aryl methyl sites for hydroxylation is 1. The van der Waals surface area contributed by atoms with Crippen molar-refractivity contribution in [1.29, 1.82) is 0 Å². The van der Waals surface area contributed by atoms with Gasteiger partial charge in [0.2, 0.25) is 0 Å². The van der Waals surface area contributed by atoms with Crippen molar-refractivity contribution in [3.05, 3.63) is 59.2 Å². The molecule has 0 atom stereocenters. The van der Waals surface area contributed by atoms with E-state index in [-0.39, 0.29) is 16.9 Å². The summed E-state index contributed by atoms with van der Waals surface area (Å²) in [5, 5.41) is 5.14. The number of carbonyl (C=O) groups is 2. The number of rotatable bonds is 3. The van der Waals surface area contributed by atoms with Crippen LogP contribution in [0.2, 0.25) is 0 Å². The van der Waals surface area contributed by atoms with Crippen molar-refractivity contribution >= 4 is 17.9 Å². The molecule has 0 aliphatic carbocycles. The van der Waals surface area contributed by atoms with Gasteiger partial charge in [-0.3, -0.25) is 5.32 Å². The molecule has 182 valence electrons. The number of anilines is 1. The summed E-state index contributed by atoms with van der Waals surface area (Å²) >= 11 is 0. The Hall–Kier alpha value is -3.02. The SMILES string of the molecule is CC(C)OC(=O)Nc1ccccc1.CNC(=O)Oc1c(C(C)(C)C)cc(C)cc1C(C)(C)C. The van der Waals surface area contributed by atoms with Crippen LogP contribution in [0.3, 0.4) is 0 Å². The molecule has 2 aromatic carbocycles. The number of carbonyl (C=O) groups excluding carboxylic acids is 2. The zero-order valence-electron chi connectivity index (χ0n) is 21.8. The molecule has 0 aliphatic rings. The van der Waals surface area contributed by atoms with Crippen molar-refractivity contribution in [2.75, 3.05) is 12.4 Å². The lowest BCUT2D eigenvalue weighted by Gasteiger charge is -2.29. The molecular weight excluding hydrogens is 416 g/mol. The van der Waals surface area contributed by atoms with Gasteiger partial charge in [-0.1, -0.05) is 77.4 Å².